The van der Waals surface area contributed by atoms with Gasteiger partial charge in [-0.1, -0.05) is 147 Å². The molecule has 1 heterocycles. The molecule has 12 rings (SSSR count). The Bertz CT molecular complexity index is 3390. The van der Waals surface area contributed by atoms with Gasteiger partial charge in [-0.3, -0.25) is 0 Å². The van der Waals surface area contributed by atoms with Gasteiger partial charge in [-0.05, 0) is 145 Å². The summed E-state index contributed by atoms with van der Waals surface area (Å²) in [7, 11) is 0. The molecule has 0 saturated carbocycles. The van der Waals surface area contributed by atoms with Crippen molar-refractivity contribution in [2.45, 2.75) is 29.1 Å². The van der Waals surface area contributed by atoms with E-state index >= 15 is 0 Å². The summed E-state index contributed by atoms with van der Waals surface area (Å²) in [5.41, 5.74) is 13.9. The first-order valence-electron chi connectivity index (χ1n) is 21.2. The van der Waals surface area contributed by atoms with Crippen LogP contribution in [0.1, 0.15) is 26.3 Å². The number of benzene rings is 10. The van der Waals surface area contributed by atoms with Crippen LogP contribution >= 0.6 is 11.8 Å². The number of hydrogen-bond donors (Lipinski definition) is 0. The number of hydrogen-bond acceptors (Lipinski definition) is 3. The minimum Gasteiger partial charge on any atom is -0.310 e. The van der Waals surface area contributed by atoms with Gasteiger partial charge in [0.05, 0.1) is 1.37 Å². The fraction of sp³-hybridized carbons (Fsp3) is 0.0526. The molecule has 0 N–H and O–H groups in total. The minimum atomic E-state index is -0.116. The van der Waals surface area contributed by atoms with Gasteiger partial charge in [-0.2, -0.15) is 0 Å². The SMILES string of the molecule is [2H]c1c2c3c(cccc3c3cc(N(c4ccccc4)c4ccc5c(c4)C(C)(C)c4ccccc4-5)ccc13)Sc1cc(N(c3ccccc3)c3ccc4ccccc4c3)ccc1-2. The van der Waals surface area contributed by atoms with E-state index in [1.54, 1.807) is 11.8 Å². The highest BCUT2D eigenvalue weighted by Gasteiger charge is 2.36. The van der Waals surface area contributed by atoms with Crippen LogP contribution in [-0.4, -0.2) is 0 Å². The fourth-order valence-electron chi connectivity index (χ4n) is 9.76. The molecule has 2 nitrogen and oxygen atoms in total. The quantitative estimate of drug-likeness (QED) is 0.155. The van der Waals surface area contributed by atoms with Crippen molar-refractivity contribution in [2.75, 3.05) is 9.80 Å². The van der Waals surface area contributed by atoms with Crippen LogP contribution in [0, 0.1) is 0 Å². The van der Waals surface area contributed by atoms with Crippen molar-refractivity contribution in [2.24, 2.45) is 0 Å². The van der Waals surface area contributed by atoms with Gasteiger partial charge in [-0.15, -0.1) is 0 Å². The van der Waals surface area contributed by atoms with E-state index in [1.165, 1.54) is 43.3 Å². The van der Waals surface area contributed by atoms with E-state index in [1.807, 2.05) is 0 Å². The van der Waals surface area contributed by atoms with Crippen molar-refractivity contribution in [3.63, 3.8) is 0 Å². The van der Waals surface area contributed by atoms with Gasteiger partial charge in [0.25, 0.3) is 0 Å². The summed E-state index contributed by atoms with van der Waals surface area (Å²) in [5, 5.41) is 6.79. The number of rotatable bonds is 6. The maximum absolute atomic E-state index is 9.93. The van der Waals surface area contributed by atoms with E-state index in [2.05, 4.69) is 224 Å². The second kappa shape index (κ2) is 13.5. The Labute approximate surface area is 356 Å². The summed E-state index contributed by atoms with van der Waals surface area (Å²) in [5.74, 6) is 0. The van der Waals surface area contributed by atoms with Gasteiger partial charge in [0, 0.05) is 54.7 Å². The molecule has 0 atom stereocenters. The lowest BCUT2D eigenvalue weighted by atomic mass is 9.82. The molecule has 60 heavy (non-hydrogen) atoms. The first kappa shape index (κ1) is 33.9. The van der Waals surface area contributed by atoms with E-state index < -0.39 is 0 Å². The van der Waals surface area contributed by atoms with Crippen molar-refractivity contribution in [1.82, 2.24) is 0 Å². The molecular weight excluding hydrogens is 745 g/mol. The normalized spacial score (nSPS) is 13.5. The van der Waals surface area contributed by atoms with Crippen molar-refractivity contribution >= 4 is 78.2 Å². The predicted octanol–water partition coefficient (Wildman–Crippen LogP) is 16.5. The van der Waals surface area contributed by atoms with E-state index in [0.717, 1.165) is 66.3 Å². The lowest BCUT2D eigenvalue weighted by Gasteiger charge is -2.29. The van der Waals surface area contributed by atoms with Crippen LogP contribution in [0.4, 0.5) is 34.1 Å². The summed E-state index contributed by atoms with van der Waals surface area (Å²) >= 11 is 1.81. The van der Waals surface area contributed by atoms with Gasteiger partial charge in [-0.25, -0.2) is 0 Å². The summed E-state index contributed by atoms with van der Waals surface area (Å²) in [6.07, 6.45) is 0. The fourth-order valence-corrected chi connectivity index (χ4v) is 10.9. The summed E-state index contributed by atoms with van der Waals surface area (Å²) in [6.45, 7) is 4.68. The number of para-hydroxylation sites is 2. The Morgan fingerprint density at radius 1 is 0.383 bits per heavy atom. The van der Waals surface area contributed by atoms with Crippen LogP contribution in [0.15, 0.2) is 216 Å². The van der Waals surface area contributed by atoms with Crippen molar-refractivity contribution in [3.8, 4) is 22.3 Å². The largest absolute Gasteiger partial charge is 0.310 e. The number of nitrogens with zero attached hydrogens (tertiary/aromatic N) is 2. The zero-order valence-electron chi connectivity index (χ0n) is 34.4. The number of anilines is 6. The standard InChI is InChI=1S/C57H40N2S/c1-57(2)52-22-12-11-20-46(52)47-30-28-44(35-53(47)57)59(41-18-7-4-8-19-41)43-27-25-39-33-51-48-31-29-45(36-55(48)60-54-23-13-21-49(56(51)54)50(39)34-43)58(40-16-5-3-6-17-40)42-26-24-37-14-9-10-15-38(37)32-42/h3-36H,1-2H3/i33D. The molecule has 0 bridgehead atoms. The van der Waals surface area contributed by atoms with Crippen LogP contribution in [0.3, 0.4) is 0 Å². The molecule has 0 saturated heterocycles. The van der Waals surface area contributed by atoms with Crippen LogP contribution in [-0.2, 0) is 5.41 Å². The molecule has 10 aromatic carbocycles. The first-order chi connectivity index (χ1) is 29.9. The molecule has 284 valence electrons. The molecule has 0 amide bonds. The maximum Gasteiger partial charge on any atom is 0.0636 e. The minimum absolute atomic E-state index is 0.116. The first-order valence-corrected chi connectivity index (χ1v) is 21.5. The maximum atomic E-state index is 9.93. The molecular formula is C57H40N2S. The summed E-state index contributed by atoms with van der Waals surface area (Å²) < 4.78 is 9.93. The predicted molar refractivity (Wildman–Crippen MR) is 255 cm³/mol. The topological polar surface area (TPSA) is 6.48 Å². The number of fused-ring (bicyclic) bond motifs is 8. The van der Waals surface area contributed by atoms with Gasteiger partial charge < -0.3 is 9.80 Å². The molecule has 0 radical (unpaired) electrons. The average Bonchev–Trinajstić information content (AvgIpc) is 3.53. The molecule has 10 aromatic rings. The molecule has 1 aliphatic carbocycles. The lowest BCUT2D eigenvalue weighted by molar-refractivity contribution is 0.660. The van der Waals surface area contributed by atoms with Gasteiger partial charge in [0.2, 0.25) is 0 Å². The van der Waals surface area contributed by atoms with E-state index in [-0.39, 0.29) is 5.41 Å². The Kier molecular flexibility index (Phi) is 7.61. The second-order valence-electron chi connectivity index (χ2n) is 16.5. The van der Waals surface area contributed by atoms with Crippen LogP contribution < -0.4 is 9.80 Å². The monoisotopic (exact) mass is 785 g/mol. The van der Waals surface area contributed by atoms with Crippen LogP contribution in [0.5, 0.6) is 0 Å². The Balaban J connectivity index is 1.00. The zero-order valence-corrected chi connectivity index (χ0v) is 34.2. The van der Waals surface area contributed by atoms with Crippen LogP contribution in [0.2, 0.25) is 0 Å². The Hall–Kier alpha value is -7.07. The zero-order chi connectivity index (χ0) is 40.8. The molecule has 1 aliphatic heterocycles. The summed E-state index contributed by atoms with van der Waals surface area (Å²) in [4.78, 5) is 7.04. The third-order valence-electron chi connectivity index (χ3n) is 12.6. The van der Waals surface area contributed by atoms with E-state index in [4.69, 9.17) is 0 Å². The van der Waals surface area contributed by atoms with Crippen molar-refractivity contribution < 1.29 is 1.37 Å². The summed E-state index contributed by atoms with van der Waals surface area (Å²) in [6, 6.07) is 72.9. The highest BCUT2D eigenvalue weighted by Crippen LogP contribution is 2.53. The molecule has 0 aromatic heterocycles. The molecule has 0 spiro atoms. The Morgan fingerprint density at radius 2 is 0.967 bits per heavy atom. The molecule has 2 aliphatic rings. The molecule has 0 unspecified atom stereocenters. The highest BCUT2D eigenvalue weighted by atomic mass is 32.2. The van der Waals surface area contributed by atoms with Gasteiger partial charge in [0.1, 0.15) is 0 Å². The smallest absolute Gasteiger partial charge is 0.0636 e. The molecule has 3 heteroatoms. The van der Waals surface area contributed by atoms with Crippen molar-refractivity contribution in [3.05, 3.63) is 217 Å². The van der Waals surface area contributed by atoms with Gasteiger partial charge in [0.15, 0.2) is 0 Å². The second-order valence-corrected chi connectivity index (χ2v) is 17.5. The van der Waals surface area contributed by atoms with Crippen LogP contribution in [0.25, 0.3) is 54.6 Å². The average molecular weight is 786 g/mol. The molecule has 0 fully saturated rings. The lowest BCUT2D eigenvalue weighted by Crippen LogP contribution is -2.16. The van der Waals surface area contributed by atoms with E-state index in [0.29, 0.717) is 6.04 Å². The Morgan fingerprint density at radius 3 is 1.73 bits per heavy atom. The van der Waals surface area contributed by atoms with E-state index in [9.17, 15) is 1.37 Å². The highest BCUT2D eigenvalue weighted by molar-refractivity contribution is 7.99. The third kappa shape index (κ3) is 5.43. The van der Waals surface area contributed by atoms with Gasteiger partial charge >= 0.3 is 0 Å². The third-order valence-corrected chi connectivity index (χ3v) is 13.8. The van der Waals surface area contributed by atoms with Crippen molar-refractivity contribution in [1.29, 1.82) is 0 Å².